The standard InChI is InChI=1S/C15H24F3N5O2.HI/c1-19-13(23-8-3-11(24)4-9-23)21-6-5-14(25,15(16,17)18)12-20-7-10-22(12)2;/h7,10-11,24-25H,3-6,8-9H2,1-2H3,(H,19,21);1H. The molecule has 1 saturated heterocycles. The zero-order valence-electron chi connectivity index (χ0n) is 14.7. The van der Waals surface area contributed by atoms with Gasteiger partial charge < -0.3 is 25.0 Å². The molecule has 2 rings (SSSR count). The Morgan fingerprint density at radius 1 is 1.38 bits per heavy atom. The molecule has 0 amide bonds. The molecule has 7 nitrogen and oxygen atoms in total. The molecular weight excluding hydrogens is 466 g/mol. The first kappa shape index (κ1) is 23.0. The molecule has 1 aromatic rings. The molecule has 0 aliphatic carbocycles. The highest BCUT2D eigenvalue weighted by Gasteiger charge is 2.57. The molecule has 11 heteroatoms. The average Bonchev–Trinajstić information content (AvgIpc) is 2.98. The Balaban J connectivity index is 0.00000338. The lowest BCUT2D eigenvalue weighted by Gasteiger charge is -2.33. The van der Waals surface area contributed by atoms with Crippen LogP contribution in [0.5, 0.6) is 0 Å². The number of aliphatic imine (C=N–C) groups is 1. The van der Waals surface area contributed by atoms with Gasteiger partial charge in [-0.1, -0.05) is 0 Å². The van der Waals surface area contributed by atoms with E-state index in [1.165, 1.54) is 19.4 Å². The number of aliphatic hydroxyl groups is 2. The van der Waals surface area contributed by atoms with E-state index in [1.54, 1.807) is 7.05 Å². The Bertz CT molecular complexity index is 602. The minimum atomic E-state index is -4.85. The largest absolute Gasteiger partial charge is 0.424 e. The van der Waals surface area contributed by atoms with Gasteiger partial charge in [-0.05, 0) is 12.8 Å². The van der Waals surface area contributed by atoms with E-state index in [0.717, 1.165) is 4.57 Å². The summed E-state index contributed by atoms with van der Waals surface area (Å²) in [5.41, 5.74) is -3.05. The van der Waals surface area contributed by atoms with E-state index in [9.17, 15) is 23.4 Å². The van der Waals surface area contributed by atoms with Crippen molar-refractivity contribution in [2.24, 2.45) is 12.0 Å². The molecule has 1 atom stereocenters. The lowest BCUT2D eigenvalue weighted by Crippen LogP contribution is -2.50. The first-order valence-corrected chi connectivity index (χ1v) is 8.09. The predicted octanol–water partition coefficient (Wildman–Crippen LogP) is 1.21. The number of piperidine rings is 1. The number of likely N-dealkylation sites (tertiary alicyclic amines) is 1. The van der Waals surface area contributed by atoms with E-state index in [2.05, 4.69) is 15.3 Å². The SMILES string of the molecule is CN=C(NCCC(O)(c1nccn1C)C(F)(F)F)N1CCC(O)CC1.I. The maximum Gasteiger partial charge on any atom is 0.424 e. The fraction of sp³-hybridized carbons (Fsp3) is 0.733. The number of rotatable bonds is 4. The van der Waals surface area contributed by atoms with Gasteiger partial charge in [-0.25, -0.2) is 4.98 Å². The summed E-state index contributed by atoms with van der Waals surface area (Å²) in [6, 6.07) is 0. The number of aliphatic hydroxyl groups excluding tert-OH is 1. The Labute approximate surface area is 167 Å². The van der Waals surface area contributed by atoms with Crippen molar-refractivity contribution < 1.29 is 23.4 Å². The van der Waals surface area contributed by atoms with E-state index < -0.39 is 24.0 Å². The van der Waals surface area contributed by atoms with Gasteiger partial charge in [-0.2, -0.15) is 13.2 Å². The Morgan fingerprint density at radius 2 is 2.00 bits per heavy atom. The van der Waals surface area contributed by atoms with Crippen LogP contribution in [0.25, 0.3) is 0 Å². The molecule has 0 spiro atoms. The van der Waals surface area contributed by atoms with Gasteiger partial charge in [-0.15, -0.1) is 24.0 Å². The number of halogens is 4. The van der Waals surface area contributed by atoms with Gasteiger partial charge >= 0.3 is 6.18 Å². The summed E-state index contributed by atoms with van der Waals surface area (Å²) >= 11 is 0. The highest BCUT2D eigenvalue weighted by molar-refractivity contribution is 14.0. The third kappa shape index (κ3) is 5.00. The van der Waals surface area contributed by atoms with Gasteiger partial charge in [-0.3, -0.25) is 4.99 Å². The van der Waals surface area contributed by atoms with Crippen LogP contribution in [-0.2, 0) is 12.6 Å². The number of imidazole rings is 1. The second-order valence-electron chi connectivity index (χ2n) is 6.16. The molecule has 26 heavy (non-hydrogen) atoms. The molecule has 0 aromatic carbocycles. The number of hydrogen-bond acceptors (Lipinski definition) is 4. The first-order valence-electron chi connectivity index (χ1n) is 8.09. The van der Waals surface area contributed by atoms with Crippen molar-refractivity contribution in [3.05, 3.63) is 18.2 Å². The molecule has 1 aliphatic rings. The van der Waals surface area contributed by atoms with Crippen molar-refractivity contribution in [3.8, 4) is 0 Å². The van der Waals surface area contributed by atoms with Crippen LogP contribution in [0.15, 0.2) is 17.4 Å². The van der Waals surface area contributed by atoms with E-state index in [1.807, 2.05) is 4.90 Å². The van der Waals surface area contributed by atoms with Crippen LogP contribution < -0.4 is 5.32 Å². The van der Waals surface area contributed by atoms with Crippen molar-refractivity contribution in [3.63, 3.8) is 0 Å². The summed E-state index contributed by atoms with van der Waals surface area (Å²) < 4.78 is 41.5. The lowest BCUT2D eigenvalue weighted by molar-refractivity contribution is -0.272. The van der Waals surface area contributed by atoms with Crippen molar-refractivity contribution in [2.45, 2.75) is 37.1 Å². The monoisotopic (exact) mass is 491 g/mol. The normalized spacial score (nSPS) is 19.0. The Morgan fingerprint density at radius 3 is 2.46 bits per heavy atom. The summed E-state index contributed by atoms with van der Waals surface area (Å²) in [5.74, 6) is 0.00847. The van der Waals surface area contributed by atoms with Crippen LogP contribution in [0, 0.1) is 0 Å². The fourth-order valence-corrected chi connectivity index (χ4v) is 2.91. The fourth-order valence-electron chi connectivity index (χ4n) is 2.91. The van der Waals surface area contributed by atoms with Gasteiger partial charge in [0.05, 0.1) is 6.10 Å². The molecule has 2 heterocycles. The molecule has 1 aromatic heterocycles. The summed E-state index contributed by atoms with van der Waals surface area (Å²) in [6.07, 6.45) is -2.06. The second-order valence-corrected chi connectivity index (χ2v) is 6.16. The smallest absolute Gasteiger partial charge is 0.393 e. The zero-order valence-corrected chi connectivity index (χ0v) is 17.0. The summed E-state index contributed by atoms with van der Waals surface area (Å²) in [4.78, 5) is 9.61. The first-order chi connectivity index (χ1) is 11.7. The molecule has 150 valence electrons. The maximum atomic E-state index is 13.5. The third-order valence-corrected chi connectivity index (χ3v) is 4.41. The highest BCUT2D eigenvalue weighted by Crippen LogP contribution is 2.40. The van der Waals surface area contributed by atoms with Crippen LogP contribution in [0.3, 0.4) is 0 Å². The van der Waals surface area contributed by atoms with Gasteiger partial charge in [0.1, 0.15) is 5.82 Å². The number of aromatic nitrogens is 2. The van der Waals surface area contributed by atoms with Crippen molar-refractivity contribution in [2.75, 3.05) is 26.7 Å². The molecule has 3 N–H and O–H groups in total. The topological polar surface area (TPSA) is 85.9 Å². The number of nitrogens with zero attached hydrogens (tertiary/aromatic N) is 4. The Hall–Kier alpha value is -1.08. The molecule has 0 saturated carbocycles. The molecular formula is C15H25F3IN5O2. The highest BCUT2D eigenvalue weighted by atomic mass is 127. The third-order valence-electron chi connectivity index (χ3n) is 4.41. The van der Waals surface area contributed by atoms with Crippen molar-refractivity contribution in [1.82, 2.24) is 19.8 Å². The van der Waals surface area contributed by atoms with E-state index in [4.69, 9.17) is 0 Å². The predicted molar refractivity (Wildman–Crippen MR) is 101 cm³/mol. The zero-order chi connectivity index (χ0) is 18.7. The molecule has 0 bridgehead atoms. The van der Waals surface area contributed by atoms with Crippen LogP contribution in [0.1, 0.15) is 25.1 Å². The van der Waals surface area contributed by atoms with Crippen LogP contribution in [0.4, 0.5) is 13.2 Å². The molecule has 0 radical (unpaired) electrons. The van der Waals surface area contributed by atoms with Crippen LogP contribution >= 0.6 is 24.0 Å². The van der Waals surface area contributed by atoms with Gasteiger partial charge in [0.15, 0.2) is 5.96 Å². The average molecular weight is 491 g/mol. The molecule has 1 fully saturated rings. The number of aryl methyl sites for hydroxylation is 1. The molecule has 1 unspecified atom stereocenters. The van der Waals surface area contributed by atoms with E-state index >= 15 is 0 Å². The number of alkyl halides is 3. The van der Waals surface area contributed by atoms with Crippen molar-refractivity contribution >= 4 is 29.9 Å². The van der Waals surface area contributed by atoms with E-state index in [0.29, 0.717) is 31.9 Å². The molecule has 1 aliphatic heterocycles. The number of guanidine groups is 1. The number of hydrogen-bond donors (Lipinski definition) is 3. The second kappa shape index (κ2) is 9.22. The quantitative estimate of drug-likeness (QED) is 0.335. The summed E-state index contributed by atoms with van der Waals surface area (Å²) in [6.45, 7) is 1.02. The van der Waals surface area contributed by atoms with Gasteiger partial charge in [0.2, 0.25) is 5.60 Å². The van der Waals surface area contributed by atoms with Crippen LogP contribution in [0.2, 0.25) is 0 Å². The van der Waals surface area contributed by atoms with E-state index in [-0.39, 0.29) is 36.6 Å². The lowest BCUT2D eigenvalue weighted by atomic mass is 9.97. The summed E-state index contributed by atoms with van der Waals surface area (Å²) in [5, 5.41) is 22.7. The van der Waals surface area contributed by atoms with Crippen molar-refractivity contribution in [1.29, 1.82) is 0 Å². The van der Waals surface area contributed by atoms with Crippen LogP contribution in [-0.4, -0.2) is 69.6 Å². The van der Waals surface area contributed by atoms with Gasteiger partial charge in [0, 0.05) is 52.5 Å². The minimum Gasteiger partial charge on any atom is -0.393 e. The minimum absolute atomic E-state index is 0. The summed E-state index contributed by atoms with van der Waals surface area (Å²) in [7, 11) is 2.95. The Kier molecular flexibility index (Phi) is 8.14. The van der Waals surface area contributed by atoms with Gasteiger partial charge in [0.25, 0.3) is 0 Å². The number of nitrogens with one attached hydrogen (secondary N) is 1. The maximum absolute atomic E-state index is 13.5.